The van der Waals surface area contributed by atoms with Crippen molar-refractivity contribution < 1.29 is 19.4 Å². The summed E-state index contributed by atoms with van der Waals surface area (Å²) in [4.78, 5) is 27.6. The zero-order chi connectivity index (χ0) is 22.8. The zero-order valence-electron chi connectivity index (χ0n) is 17.7. The number of ether oxygens (including phenoxy) is 1. The van der Waals surface area contributed by atoms with E-state index in [9.17, 15) is 14.7 Å². The van der Waals surface area contributed by atoms with Gasteiger partial charge in [0, 0.05) is 16.3 Å². The lowest BCUT2D eigenvalue weighted by Gasteiger charge is -2.25. The molecule has 0 spiro atoms. The molecule has 32 heavy (non-hydrogen) atoms. The van der Waals surface area contributed by atoms with Crippen molar-refractivity contribution in [3.05, 3.63) is 101 Å². The number of carbonyl (C=O) groups is 2. The summed E-state index contributed by atoms with van der Waals surface area (Å²) < 4.78 is 5.65. The summed E-state index contributed by atoms with van der Waals surface area (Å²) in [7, 11) is 0. The third-order valence-corrected chi connectivity index (χ3v) is 5.38. The number of ketones is 1. The highest BCUT2D eigenvalue weighted by molar-refractivity contribution is 6.51. The van der Waals surface area contributed by atoms with Gasteiger partial charge < -0.3 is 9.84 Å². The van der Waals surface area contributed by atoms with Gasteiger partial charge in [-0.3, -0.25) is 14.5 Å². The van der Waals surface area contributed by atoms with Crippen molar-refractivity contribution >= 4 is 34.7 Å². The topological polar surface area (TPSA) is 66.8 Å². The molecular weight excluding hydrogens is 426 g/mol. The van der Waals surface area contributed by atoms with Crippen LogP contribution in [0.5, 0.6) is 5.75 Å². The molecule has 6 heteroatoms. The Morgan fingerprint density at radius 2 is 1.66 bits per heavy atom. The van der Waals surface area contributed by atoms with Gasteiger partial charge in [-0.15, -0.1) is 0 Å². The molecule has 0 saturated carbocycles. The molecule has 3 aromatic carbocycles. The monoisotopic (exact) mass is 447 g/mol. The Morgan fingerprint density at radius 1 is 0.969 bits per heavy atom. The smallest absolute Gasteiger partial charge is 0.300 e. The van der Waals surface area contributed by atoms with E-state index in [0.717, 1.165) is 0 Å². The molecule has 1 unspecified atom stereocenters. The van der Waals surface area contributed by atoms with E-state index in [1.54, 1.807) is 48.5 Å². The second-order valence-corrected chi connectivity index (χ2v) is 8.19. The second-order valence-electron chi connectivity index (χ2n) is 7.75. The van der Waals surface area contributed by atoms with Gasteiger partial charge in [-0.2, -0.15) is 0 Å². The van der Waals surface area contributed by atoms with E-state index in [-0.39, 0.29) is 17.4 Å². The molecule has 162 valence electrons. The second kappa shape index (κ2) is 8.89. The van der Waals surface area contributed by atoms with E-state index in [4.69, 9.17) is 16.3 Å². The van der Waals surface area contributed by atoms with Crippen molar-refractivity contribution in [1.82, 2.24) is 0 Å². The molecule has 1 heterocycles. The molecular formula is C26H22ClNO4. The van der Waals surface area contributed by atoms with Crippen LogP contribution in [0, 0.1) is 0 Å². The standard InChI is InChI=1S/C26H22ClNO4/c1-16(2)32-21-13-11-18(12-14-21)24(29)22-23(17-7-4-3-5-8-17)28(26(31)25(22)30)20-10-6-9-19(27)15-20/h3-16,23,29H,1-2H3/b24-22+. The minimum absolute atomic E-state index is 0.00977. The normalized spacial score (nSPS) is 17.8. The molecule has 3 aromatic rings. The Bertz CT molecular complexity index is 1190. The molecule has 1 aliphatic rings. The average molecular weight is 448 g/mol. The van der Waals surface area contributed by atoms with Crippen LogP contribution in [0.1, 0.15) is 31.0 Å². The fraction of sp³-hybridized carbons (Fsp3) is 0.154. The fourth-order valence-corrected chi connectivity index (χ4v) is 3.98. The van der Waals surface area contributed by atoms with E-state index >= 15 is 0 Å². The maximum absolute atomic E-state index is 13.1. The van der Waals surface area contributed by atoms with Crippen molar-refractivity contribution in [1.29, 1.82) is 0 Å². The van der Waals surface area contributed by atoms with Crippen LogP contribution < -0.4 is 9.64 Å². The third kappa shape index (κ3) is 4.12. The van der Waals surface area contributed by atoms with Gasteiger partial charge in [-0.1, -0.05) is 48.0 Å². The van der Waals surface area contributed by atoms with Gasteiger partial charge in [0.2, 0.25) is 0 Å². The molecule has 0 aliphatic carbocycles. The summed E-state index contributed by atoms with van der Waals surface area (Å²) >= 11 is 6.15. The van der Waals surface area contributed by atoms with Crippen molar-refractivity contribution in [2.45, 2.75) is 26.0 Å². The maximum atomic E-state index is 13.1. The van der Waals surface area contributed by atoms with Crippen LogP contribution >= 0.6 is 11.6 Å². The lowest BCUT2D eigenvalue weighted by atomic mass is 9.95. The quantitative estimate of drug-likeness (QED) is 0.307. The van der Waals surface area contributed by atoms with E-state index < -0.39 is 17.7 Å². The number of anilines is 1. The SMILES string of the molecule is CC(C)Oc1ccc(/C(O)=C2\C(=O)C(=O)N(c3cccc(Cl)c3)C2c2ccccc2)cc1. The Hall–Kier alpha value is -3.57. The molecule has 1 saturated heterocycles. The molecule has 1 aliphatic heterocycles. The Balaban J connectivity index is 1.85. The van der Waals surface area contributed by atoms with Crippen LogP contribution in [0.2, 0.25) is 5.02 Å². The number of hydrogen-bond acceptors (Lipinski definition) is 4. The van der Waals surface area contributed by atoms with Crippen molar-refractivity contribution in [3.8, 4) is 5.75 Å². The number of aliphatic hydroxyl groups is 1. The molecule has 1 atom stereocenters. The molecule has 1 fully saturated rings. The number of aliphatic hydroxyl groups excluding tert-OH is 1. The van der Waals surface area contributed by atoms with Crippen molar-refractivity contribution in [2.24, 2.45) is 0 Å². The first kappa shape index (κ1) is 21.7. The summed E-state index contributed by atoms with van der Waals surface area (Å²) in [6, 6.07) is 21.9. The summed E-state index contributed by atoms with van der Waals surface area (Å²) in [5.74, 6) is -1.06. The summed E-state index contributed by atoms with van der Waals surface area (Å²) in [5, 5.41) is 11.6. The van der Waals surface area contributed by atoms with Gasteiger partial charge in [0.1, 0.15) is 11.5 Å². The third-order valence-electron chi connectivity index (χ3n) is 5.15. The van der Waals surface area contributed by atoms with E-state index in [1.165, 1.54) is 4.90 Å². The van der Waals surface area contributed by atoms with E-state index in [1.807, 2.05) is 44.2 Å². The minimum atomic E-state index is -0.791. The largest absolute Gasteiger partial charge is 0.507 e. The van der Waals surface area contributed by atoms with E-state index in [0.29, 0.717) is 27.6 Å². The number of rotatable bonds is 5. The minimum Gasteiger partial charge on any atom is -0.507 e. The number of carbonyl (C=O) groups excluding carboxylic acids is 2. The molecule has 1 N–H and O–H groups in total. The number of hydrogen-bond donors (Lipinski definition) is 1. The van der Waals surface area contributed by atoms with Crippen LogP contribution in [0.25, 0.3) is 5.76 Å². The number of halogens is 1. The van der Waals surface area contributed by atoms with Gasteiger partial charge in [-0.25, -0.2) is 0 Å². The highest BCUT2D eigenvalue weighted by atomic mass is 35.5. The number of amides is 1. The molecule has 5 nitrogen and oxygen atoms in total. The fourth-order valence-electron chi connectivity index (χ4n) is 3.79. The first-order chi connectivity index (χ1) is 15.4. The molecule has 0 bridgehead atoms. The number of nitrogens with zero attached hydrogens (tertiary/aromatic N) is 1. The van der Waals surface area contributed by atoms with Gasteiger partial charge >= 0.3 is 0 Å². The molecule has 0 aromatic heterocycles. The number of benzene rings is 3. The van der Waals surface area contributed by atoms with Crippen LogP contribution in [0.4, 0.5) is 5.69 Å². The molecule has 4 rings (SSSR count). The predicted molar refractivity (Wildman–Crippen MR) is 125 cm³/mol. The van der Waals surface area contributed by atoms with Gasteiger partial charge in [0.25, 0.3) is 11.7 Å². The predicted octanol–water partition coefficient (Wildman–Crippen LogP) is 5.75. The lowest BCUT2D eigenvalue weighted by Crippen LogP contribution is -2.29. The first-order valence-corrected chi connectivity index (χ1v) is 10.6. The van der Waals surface area contributed by atoms with Crippen LogP contribution in [0.15, 0.2) is 84.4 Å². The maximum Gasteiger partial charge on any atom is 0.300 e. The van der Waals surface area contributed by atoms with E-state index in [2.05, 4.69) is 0 Å². The lowest BCUT2D eigenvalue weighted by molar-refractivity contribution is -0.132. The average Bonchev–Trinajstić information content (AvgIpc) is 3.05. The molecule has 0 radical (unpaired) electrons. The summed E-state index contributed by atoms with van der Waals surface area (Å²) in [6.07, 6.45) is 0.00977. The highest BCUT2D eigenvalue weighted by Gasteiger charge is 2.46. The summed E-state index contributed by atoms with van der Waals surface area (Å²) in [5.41, 5.74) is 1.63. The summed E-state index contributed by atoms with van der Waals surface area (Å²) in [6.45, 7) is 3.84. The van der Waals surface area contributed by atoms with Crippen molar-refractivity contribution in [3.63, 3.8) is 0 Å². The van der Waals surface area contributed by atoms with Crippen molar-refractivity contribution in [2.75, 3.05) is 4.90 Å². The first-order valence-electron chi connectivity index (χ1n) is 10.3. The van der Waals surface area contributed by atoms with Gasteiger partial charge in [0.05, 0.1) is 17.7 Å². The Kier molecular flexibility index (Phi) is 6.01. The Morgan fingerprint density at radius 3 is 2.28 bits per heavy atom. The van der Waals surface area contributed by atoms with Gasteiger partial charge in [-0.05, 0) is 61.9 Å². The number of Topliss-reactive ketones (excluding diaryl/α,β-unsaturated/α-hetero) is 1. The Labute approximate surface area is 191 Å². The highest BCUT2D eigenvalue weighted by Crippen LogP contribution is 2.42. The van der Waals surface area contributed by atoms with Crippen LogP contribution in [-0.4, -0.2) is 22.9 Å². The zero-order valence-corrected chi connectivity index (χ0v) is 18.4. The molecule has 1 amide bonds. The van der Waals surface area contributed by atoms with Gasteiger partial charge in [0.15, 0.2) is 0 Å². The van der Waals surface area contributed by atoms with Crippen LogP contribution in [0.3, 0.4) is 0 Å². The van der Waals surface area contributed by atoms with Crippen LogP contribution in [-0.2, 0) is 9.59 Å².